The monoisotopic (exact) mass is 417 g/mol. The molecular weight excluding hydrogens is 394 g/mol. The number of benzene rings is 2. The fourth-order valence-electron chi connectivity index (χ4n) is 3.49. The Bertz CT molecular complexity index is 1200. The van der Waals surface area contributed by atoms with Gasteiger partial charge in [-0.2, -0.15) is 0 Å². The van der Waals surface area contributed by atoms with Crippen LogP contribution >= 0.6 is 0 Å². The van der Waals surface area contributed by atoms with Crippen molar-refractivity contribution in [3.05, 3.63) is 53.2 Å². The van der Waals surface area contributed by atoms with E-state index < -0.39 is 0 Å². The second-order valence-electron chi connectivity index (χ2n) is 7.29. The Morgan fingerprint density at radius 1 is 1.19 bits per heavy atom. The number of aromatic nitrogens is 2. The summed E-state index contributed by atoms with van der Waals surface area (Å²) in [4.78, 5) is 22.9. The molecule has 0 radical (unpaired) electrons. The number of likely N-dealkylation sites (tertiary alicyclic amines) is 1. The molecule has 7 heteroatoms. The fraction of sp³-hybridized carbons (Fsp3) is 0.292. The topological polar surface area (TPSA) is 84.8 Å². The summed E-state index contributed by atoms with van der Waals surface area (Å²) in [6, 6.07) is 10.5. The molecule has 1 fully saturated rings. The van der Waals surface area contributed by atoms with Gasteiger partial charge in [0.1, 0.15) is 23.6 Å². The molecule has 1 aromatic heterocycles. The number of aryl methyl sites for hydroxylation is 1. The zero-order valence-electron chi connectivity index (χ0n) is 17.5. The number of carbonyl (C=O) groups excluding carboxylic acids is 1. The number of hydrogen-bond acceptors (Lipinski definition) is 6. The highest BCUT2D eigenvalue weighted by atomic mass is 16.5. The number of nitrogens with zero attached hydrogens (tertiary/aromatic N) is 3. The van der Waals surface area contributed by atoms with Crippen molar-refractivity contribution >= 4 is 16.9 Å². The minimum absolute atomic E-state index is 0.151. The van der Waals surface area contributed by atoms with Crippen LogP contribution in [-0.2, 0) is 4.79 Å². The first-order valence-corrected chi connectivity index (χ1v) is 10.1. The van der Waals surface area contributed by atoms with Crippen molar-refractivity contribution < 1.29 is 19.4 Å². The number of para-hydroxylation sites is 1. The van der Waals surface area contributed by atoms with Crippen LogP contribution < -0.4 is 9.47 Å². The molecule has 0 saturated carbocycles. The molecule has 31 heavy (non-hydrogen) atoms. The van der Waals surface area contributed by atoms with Crippen molar-refractivity contribution in [3.63, 3.8) is 0 Å². The Labute approximate surface area is 180 Å². The van der Waals surface area contributed by atoms with Gasteiger partial charge >= 0.3 is 0 Å². The van der Waals surface area contributed by atoms with E-state index in [1.807, 2.05) is 25.1 Å². The minimum atomic E-state index is 0.151. The van der Waals surface area contributed by atoms with Crippen LogP contribution in [0.5, 0.6) is 17.4 Å². The summed E-state index contributed by atoms with van der Waals surface area (Å²) < 4.78 is 11.3. The van der Waals surface area contributed by atoms with E-state index in [0.717, 1.165) is 24.1 Å². The number of phenols is 1. The summed E-state index contributed by atoms with van der Waals surface area (Å²) in [5.41, 5.74) is 3.27. The number of aromatic hydroxyl groups is 1. The second-order valence-corrected chi connectivity index (χ2v) is 7.29. The summed E-state index contributed by atoms with van der Waals surface area (Å²) >= 11 is 0. The molecule has 4 rings (SSSR count). The van der Waals surface area contributed by atoms with E-state index in [1.54, 1.807) is 30.2 Å². The number of ether oxygens (including phenoxy) is 2. The molecule has 158 valence electrons. The number of hydrogen-bond donors (Lipinski definition) is 1. The lowest BCUT2D eigenvalue weighted by Gasteiger charge is -2.16. The van der Waals surface area contributed by atoms with Gasteiger partial charge in [-0.1, -0.05) is 12.0 Å². The molecular formula is C24H23N3O4. The van der Waals surface area contributed by atoms with Crippen LogP contribution in [0.25, 0.3) is 11.0 Å². The van der Waals surface area contributed by atoms with Gasteiger partial charge in [0.15, 0.2) is 5.69 Å². The van der Waals surface area contributed by atoms with E-state index in [1.165, 1.54) is 0 Å². The molecule has 0 spiro atoms. The average Bonchev–Trinajstić information content (AvgIpc) is 3.17. The van der Waals surface area contributed by atoms with Gasteiger partial charge in [0, 0.05) is 18.5 Å². The number of methoxy groups -OCH3 is 1. The van der Waals surface area contributed by atoms with Gasteiger partial charge in [-0.15, -0.1) is 0 Å². The zero-order chi connectivity index (χ0) is 21.8. The molecule has 0 unspecified atom stereocenters. The molecule has 3 aromatic rings. The molecule has 1 saturated heterocycles. The summed E-state index contributed by atoms with van der Waals surface area (Å²) in [7, 11) is 1.58. The largest absolute Gasteiger partial charge is 0.508 e. The Morgan fingerprint density at radius 3 is 2.81 bits per heavy atom. The van der Waals surface area contributed by atoms with Crippen molar-refractivity contribution in [2.45, 2.75) is 19.8 Å². The van der Waals surface area contributed by atoms with Crippen LogP contribution in [0.4, 0.5) is 0 Å². The first-order valence-electron chi connectivity index (χ1n) is 10.1. The molecule has 1 aliphatic heterocycles. The van der Waals surface area contributed by atoms with Gasteiger partial charge in [-0.25, -0.2) is 9.97 Å². The smallest absolute Gasteiger partial charge is 0.249 e. The van der Waals surface area contributed by atoms with Crippen LogP contribution in [0, 0.1) is 18.8 Å². The van der Waals surface area contributed by atoms with Crippen molar-refractivity contribution in [1.82, 2.24) is 14.9 Å². The van der Waals surface area contributed by atoms with Crippen LogP contribution in [0.2, 0.25) is 0 Å². The molecule has 1 N–H and O–H groups in total. The maximum atomic E-state index is 11.8. The Hall–Kier alpha value is -3.79. The van der Waals surface area contributed by atoms with E-state index in [-0.39, 0.29) is 11.7 Å². The highest BCUT2D eigenvalue weighted by molar-refractivity contribution is 5.82. The predicted molar refractivity (Wildman–Crippen MR) is 116 cm³/mol. The molecule has 0 aliphatic carbocycles. The third-order valence-electron chi connectivity index (χ3n) is 5.14. The number of rotatable bonds is 5. The third kappa shape index (κ3) is 4.53. The van der Waals surface area contributed by atoms with Gasteiger partial charge in [-0.3, -0.25) is 4.79 Å². The summed E-state index contributed by atoms with van der Waals surface area (Å²) in [6.07, 6.45) is 1.48. The fourth-order valence-corrected chi connectivity index (χ4v) is 3.49. The SMILES string of the molecule is COc1cccc2nc(C#Cc3ccc(O)cc3C)c(OCCN3CCCC3=O)nc12. The molecule has 0 atom stereocenters. The van der Waals surface area contributed by atoms with Crippen molar-refractivity contribution in [2.24, 2.45) is 0 Å². The number of amides is 1. The van der Waals surface area contributed by atoms with E-state index in [4.69, 9.17) is 9.47 Å². The van der Waals surface area contributed by atoms with Crippen molar-refractivity contribution in [2.75, 3.05) is 26.8 Å². The highest BCUT2D eigenvalue weighted by Gasteiger charge is 2.20. The van der Waals surface area contributed by atoms with E-state index >= 15 is 0 Å². The maximum Gasteiger partial charge on any atom is 0.249 e. The lowest BCUT2D eigenvalue weighted by atomic mass is 10.1. The van der Waals surface area contributed by atoms with Gasteiger partial charge < -0.3 is 19.5 Å². The predicted octanol–water partition coefficient (Wildman–Crippen LogP) is 3.05. The van der Waals surface area contributed by atoms with Crippen LogP contribution in [0.15, 0.2) is 36.4 Å². The lowest BCUT2D eigenvalue weighted by Crippen LogP contribution is -2.29. The zero-order valence-corrected chi connectivity index (χ0v) is 17.5. The third-order valence-corrected chi connectivity index (χ3v) is 5.14. The number of carbonyl (C=O) groups is 1. The summed E-state index contributed by atoms with van der Waals surface area (Å²) in [5.74, 6) is 7.39. The molecule has 2 heterocycles. The maximum absolute atomic E-state index is 11.8. The Morgan fingerprint density at radius 2 is 2.06 bits per heavy atom. The van der Waals surface area contributed by atoms with Crippen molar-refractivity contribution in [3.8, 4) is 29.2 Å². The summed E-state index contributed by atoms with van der Waals surface area (Å²) in [5, 5.41) is 9.61. The van der Waals surface area contributed by atoms with E-state index in [0.29, 0.717) is 47.9 Å². The lowest BCUT2D eigenvalue weighted by molar-refractivity contribution is -0.128. The minimum Gasteiger partial charge on any atom is -0.508 e. The van der Waals surface area contributed by atoms with Gasteiger partial charge in [0.25, 0.3) is 0 Å². The van der Waals surface area contributed by atoms with Gasteiger partial charge in [0.2, 0.25) is 11.8 Å². The molecule has 7 nitrogen and oxygen atoms in total. The number of phenolic OH excluding ortho intramolecular Hbond substituents is 1. The Kier molecular flexibility index (Phi) is 5.89. The first-order chi connectivity index (χ1) is 15.0. The second kappa shape index (κ2) is 8.92. The number of fused-ring (bicyclic) bond motifs is 1. The standard InChI is InChI=1S/C24H23N3O4/c1-16-15-18(28)10-8-17(16)9-11-20-24(31-14-13-27-12-4-7-22(27)29)26-23-19(25-20)5-3-6-21(23)30-2/h3,5-6,8,10,15,28H,4,7,12-14H2,1-2H3. The van der Waals surface area contributed by atoms with Crippen molar-refractivity contribution in [1.29, 1.82) is 0 Å². The molecule has 2 aromatic carbocycles. The average molecular weight is 417 g/mol. The van der Waals surface area contributed by atoms with Crippen LogP contribution in [0.1, 0.15) is 29.7 Å². The first kappa shape index (κ1) is 20.5. The highest BCUT2D eigenvalue weighted by Crippen LogP contribution is 2.26. The normalized spacial score (nSPS) is 13.2. The van der Waals surface area contributed by atoms with Crippen LogP contribution in [-0.4, -0.2) is 52.7 Å². The molecule has 0 bridgehead atoms. The van der Waals surface area contributed by atoms with Crippen LogP contribution in [0.3, 0.4) is 0 Å². The molecule has 1 aliphatic rings. The van der Waals surface area contributed by atoms with E-state index in [9.17, 15) is 9.90 Å². The summed E-state index contributed by atoms with van der Waals surface area (Å²) in [6.45, 7) is 3.43. The Balaban J connectivity index is 1.67. The quantitative estimate of drug-likeness (QED) is 0.643. The van der Waals surface area contributed by atoms with Gasteiger partial charge in [0.05, 0.1) is 19.2 Å². The van der Waals surface area contributed by atoms with Gasteiger partial charge in [-0.05, 0) is 55.2 Å². The van der Waals surface area contributed by atoms with E-state index in [2.05, 4.69) is 21.8 Å². The molecule has 1 amide bonds.